The van der Waals surface area contributed by atoms with Gasteiger partial charge in [-0.05, 0) is 29.7 Å². The summed E-state index contributed by atoms with van der Waals surface area (Å²) in [6.07, 6.45) is 0.277. The maximum atomic E-state index is 13.7. The van der Waals surface area contributed by atoms with Crippen molar-refractivity contribution in [3.05, 3.63) is 65.5 Å². The van der Waals surface area contributed by atoms with Crippen LogP contribution in [0.1, 0.15) is 24.5 Å². The van der Waals surface area contributed by atoms with Crippen LogP contribution in [0, 0.1) is 5.82 Å². The lowest BCUT2D eigenvalue weighted by Gasteiger charge is -2.29. The van der Waals surface area contributed by atoms with E-state index in [-0.39, 0.29) is 24.6 Å². The third-order valence-corrected chi connectivity index (χ3v) is 4.51. The Morgan fingerprint density at radius 1 is 1.19 bits per heavy atom. The van der Waals surface area contributed by atoms with Crippen LogP contribution in [-0.2, 0) is 21.4 Å². The zero-order valence-corrected chi connectivity index (χ0v) is 14.8. The number of rotatable bonds is 8. The van der Waals surface area contributed by atoms with Crippen molar-refractivity contribution in [3.8, 4) is 5.75 Å². The fraction of sp³-hybridized carbons (Fsp3) is 0.300. The van der Waals surface area contributed by atoms with Crippen LogP contribution in [0.4, 0.5) is 4.39 Å². The van der Waals surface area contributed by atoms with Crippen LogP contribution < -0.4 is 10.1 Å². The molecule has 0 saturated carbocycles. The van der Waals surface area contributed by atoms with Crippen LogP contribution in [0.15, 0.2) is 48.5 Å². The van der Waals surface area contributed by atoms with Crippen LogP contribution >= 0.6 is 0 Å². The molecule has 2 aromatic carbocycles. The smallest absolute Gasteiger partial charge is 0.315 e. The number of methoxy groups -OCH3 is 1. The molecule has 1 unspecified atom stereocenters. The lowest BCUT2D eigenvalue weighted by Crippen LogP contribution is -2.46. The first-order valence-corrected chi connectivity index (χ1v) is 8.31. The summed E-state index contributed by atoms with van der Waals surface area (Å²) < 4.78 is 18.6. The van der Waals surface area contributed by atoms with Crippen molar-refractivity contribution in [3.63, 3.8) is 0 Å². The van der Waals surface area contributed by atoms with Gasteiger partial charge in [0, 0.05) is 6.54 Å². The second-order valence-electron chi connectivity index (χ2n) is 6.03. The number of carboxylic acid groups (broad SMARTS) is 1. The Balaban J connectivity index is 2.10. The normalized spacial score (nSPS) is 12.9. The quantitative estimate of drug-likeness (QED) is 0.760. The minimum Gasteiger partial charge on any atom is -0.494 e. The molecule has 0 radical (unpaired) electrons. The van der Waals surface area contributed by atoms with Gasteiger partial charge in [-0.2, -0.15) is 0 Å². The van der Waals surface area contributed by atoms with E-state index in [9.17, 15) is 19.1 Å². The molecule has 2 aromatic rings. The molecule has 6 heteroatoms. The summed E-state index contributed by atoms with van der Waals surface area (Å²) in [6, 6.07) is 13.1. The Morgan fingerprint density at radius 3 is 2.42 bits per heavy atom. The van der Waals surface area contributed by atoms with Gasteiger partial charge in [0.2, 0.25) is 5.91 Å². The number of nitrogens with one attached hydrogen (secondary N) is 1. The number of carbonyl (C=O) groups is 2. The summed E-state index contributed by atoms with van der Waals surface area (Å²) in [5, 5.41) is 12.4. The first-order chi connectivity index (χ1) is 12.4. The van der Waals surface area contributed by atoms with Gasteiger partial charge in [-0.15, -0.1) is 0 Å². The molecule has 1 atom stereocenters. The first kappa shape index (κ1) is 19.4. The number of amides is 1. The summed E-state index contributed by atoms with van der Waals surface area (Å²) in [5.74, 6) is -1.81. The number of halogens is 1. The van der Waals surface area contributed by atoms with E-state index in [2.05, 4.69) is 5.32 Å². The number of aliphatic carboxylic acids is 1. The van der Waals surface area contributed by atoms with Gasteiger partial charge in [0.1, 0.15) is 5.41 Å². The molecule has 0 aliphatic rings. The van der Waals surface area contributed by atoms with Gasteiger partial charge in [0.05, 0.1) is 13.5 Å². The van der Waals surface area contributed by atoms with Gasteiger partial charge in [-0.3, -0.25) is 9.59 Å². The monoisotopic (exact) mass is 359 g/mol. The molecule has 2 rings (SSSR count). The Kier molecular flexibility index (Phi) is 6.33. The summed E-state index contributed by atoms with van der Waals surface area (Å²) >= 11 is 0. The zero-order chi connectivity index (χ0) is 19.2. The number of carboxylic acids is 1. The Morgan fingerprint density at radius 2 is 1.88 bits per heavy atom. The number of hydrogen-bond donors (Lipinski definition) is 2. The molecule has 0 aliphatic carbocycles. The molecule has 138 valence electrons. The van der Waals surface area contributed by atoms with Crippen LogP contribution in [0.3, 0.4) is 0 Å². The molecule has 0 aromatic heterocycles. The Labute approximate surface area is 151 Å². The molecular formula is C20H22FNO4. The lowest BCUT2D eigenvalue weighted by molar-refractivity contribution is -0.144. The van der Waals surface area contributed by atoms with E-state index in [1.54, 1.807) is 37.3 Å². The van der Waals surface area contributed by atoms with Crippen molar-refractivity contribution in [2.45, 2.75) is 25.2 Å². The van der Waals surface area contributed by atoms with Crippen molar-refractivity contribution < 1.29 is 23.8 Å². The minimum atomic E-state index is -1.21. The Hall–Kier alpha value is -2.89. The Bertz CT molecular complexity index is 779. The molecular weight excluding hydrogens is 337 g/mol. The van der Waals surface area contributed by atoms with E-state index in [4.69, 9.17) is 4.74 Å². The topological polar surface area (TPSA) is 75.6 Å². The maximum absolute atomic E-state index is 13.7. The molecule has 0 heterocycles. The largest absolute Gasteiger partial charge is 0.494 e. The lowest BCUT2D eigenvalue weighted by atomic mass is 9.78. The van der Waals surface area contributed by atoms with Crippen LogP contribution in [0.5, 0.6) is 5.75 Å². The molecule has 2 N–H and O–H groups in total. The molecule has 26 heavy (non-hydrogen) atoms. The van der Waals surface area contributed by atoms with Crippen molar-refractivity contribution in [1.29, 1.82) is 0 Å². The minimum absolute atomic E-state index is 0.0414. The number of carbonyl (C=O) groups excluding carboxylic acids is 1. The highest BCUT2D eigenvalue weighted by molar-refractivity contribution is 5.84. The predicted octanol–water partition coefficient (Wildman–Crippen LogP) is 2.93. The number of benzene rings is 2. The van der Waals surface area contributed by atoms with Gasteiger partial charge < -0.3 is 15.2 Å². The number of hydrogen-bond acceptors (Lipinski definition) is 3. The van der Waals surface area contributed by atoms with E-state index in [1.165, 1.54) is 19.2 Å². The van der Waals surface area contributed by atoms with E-state index in [1.807, 2.05) is 6.07 Å². The van der Waals surface area contributed by atoms with Crippen molar-refractivity contribution >= 4 is 11.9 Å². The van der Waals surface area contributed by atoms with Crippen LogP contribution in [-0.4, -0.2) is 30.6 Å². The first-order valence-electron chi connectivity index (χ1n) is 8.31. The summed E-state index contributed by atoms with van der Waals surface area (Å²) in [5.41, 5.74) is -0.0917. The molecule has 5 nitrogen and oxygen atoms in total. The molecule has 0 bridgehead atoms. The van der Waals surface area contributed by atoms with Gasteiger partial charge in [-0.1, -0.05) is 43.3 Å². The molecule has 0 spiro atoms. The highest BCUT2D eigenvalue weighted by Crippen LogP contribution is 2.28. The average Bonchev–Trinajstić information content (AvgIpc) is 2.63. The van der Waals surface area contributed by atoms with Crippen LogP contribution in [0.2, 0.25) is 0 Å². The maximum Gasteiger partial charge on any atom is 0.315 e. The summed E-state index contributed by atoms with van der Waals surface area (Å²) in [7, 11) is 1.37. The standard InChI is InChI=1S/C20H22FNO4/c1-3-20(19(24)25,15-7-5-4-6-8-15)13-22-18(23)12-14-9-10-17(26-2)16(21)11-14/h4-11H,3,12-13H2,1-2H3,(H,22,23)(H,24,25). The van der Waals surface area contributed by atoms with Gasteiger partial charge in [0.15, 0.2) is 11.6 Å². The molecule has 0 saturated heterocycles. The fourth-order valence-electron chi connectivity index (χ4n) is 2.86. The molecule has 1 amide bonds. The van der Waals surface area contributed by atoms with Crippen molar-refractivity contribution in [1.82, 2.24) is 5.32 Å². The van der Waals surface area contributed by atoms with Gasteiger partial charge >= 0.3 is 5.97 Å². The second-order valence-corrected chi connectivity index (χ2v) is 6.03. The zero-order valence-electron chi connectivity index (χ0n) is 14.8. The van der Waals surface area contributed by atoms with Crippen LogP contribution in [0.25, 0.3) is 0 Å². The van der Waals surface area contributed by atoms with Gasteiger partial charge in [-0.25, -0.2) is 4.39 Å². The highest BCUT2D eigenvalue weighted by atomic mass is 19.1. The predicted molar refractivity (Wildman–Crippen MR) is 95.7 cm³/mol. The third-order valence-electron chi connectivity index (χ3n) is 4.51. The van der Waals surface area contributed by atoms with E-state index < -0.39 is 17.2 Å². The highest BCUT2D eigenvalue weighted by Gasteiger charge is 2.38. The SMILES string of the molecule is CCC(CNC(=O)Cc1ccc(OC)c(F)c1)(C(=O)O)c1ccccc1. The fourth-order valence-corrected chi connectivity index (χ4v) is 2.86. The summed E-state index contributed by atoms with van der Waals surface area (Å²) in [4.78, 5) is 24.2. The summed E-state index contributed by atoms with van der Waals surface area (Å²) in [6.45, 7) is 1.73. The third kappa shape index (κ3) is 4.20. The number of ether oxygens (including phenoxy) is 1. The van der Waals surface area contributed by atoms with E-state index in [0.717, 1.165) is 0 Å². The van der Waals surface area contributed by atoms with Gasteiger partial charge in [0.25, 0.3) is 0 Å². The second kappa shape index (κ2) is 8.47. The molecule has 0 fully saturated rings. The molecule has 0 aliphatic heterocycles. The van der Waals surface area contributed by atoms with E-state index in [0.29, 0.717) is 17.5 Å². The van der Waals surface area contributed by atoms with Crippen molar-refractivity contribution in [2.75, 3.05) is 13.7 Å². The van der Waals surface area contributed by atoms with E-state index >= 15 is 0 Å². The van der Waals surface area contributed by atoms with Crippen molar-refractivity contribution in [2.24, 2.45) is 0 Å². The average molecular weight is 359 g/mol.